The summed E-state index contributed by atoms with van der Waals surface area (Å²) in [5.74, 6) is 0.470. The standard InChI is InChI=1S/C10H9FN2S/c1-5-3-7(11)4-8-9(5)12-6(2)13-10(8)14/h3-4H,1-2H3,(H,12,13,14). The number of hydrogen-bond acceptors (Lipinski definition) is 2. The Labute approximate surface area is 85.8 Å². The predicted octanol–water partition coefficient (Wildman–Crippen LogP) is 3.05. The molecule has 0 atom stereocenters. The number of nitrogens with zero attached hydrogens (tertiary/aromatic N) is 1. The van der Waals surface area contributed by atoms with Gasteiger partial charge in [-0.05, 0) is 31.5 Å². The van der Waals surface area contributed by atoms with Gasteiger partial charge in [-0.2, -0.15) is 0 Å². The van der Waals surface area contributed by atoms with E-state index in [2.05, 4.69) is 9.97 Å². The Kier molecular flexibility index (Phi) is 2.07. The van der Waals surface area contributed by atoms with Crippen molar-refractivity contribution in [2.24, 2.45) is 0 Å². The van der Waals surface area contributed by atoms with Gasteiger partial charge in [0.2, 0.25) is 0 Å². The second kappa shape index (κ2) is 3.13. The Bertz CT molecular complexity index is 560. The number of H-pyrrole nitrogens is 1. The first-order valence-electron chi connectivity index (χ1n) is 4.25. The highest BCUT2D eigenvalue weighted by molar-refractivity contribution is 7.71. The van der Waals surface area contributed by atoms with Crippen molar-refractivity contribution in [3.05, 3.63) is 34.0 Å². The molecule has 1 heterocycles. The van der Waals surface area contributed by atoms with E-state index >= 15 is 0 Å². The molecule has 0 aliphatic rings. The van der Waals surface area contributed by atoms with Crippen LogP contribution in [0.1, 0.15) is 11.4 Å². The first-order valence-corrected chi connectivity index (χ1v) is 4.65. The Morgan fingerprint density at radius 2 is 2.07 bits per heavy atom. The van der Waals surface area contributed by atoms with E-state index in [0.717, 1.165) is 16.9 Å². The van der Waals surface area contributed by atoms with Crippen LogP contribution in [-0.2, 0) is 0 Å². The van der Waals surface area contributed by atoms with Crippen molar-refractivity contribution in [2.45, 2.75) is 13.8 Å². The van der Waals surface area contributed by atoms with E-state index in [0.29, 0.717) is 10.0 Å². The van der Waals surface area contributed by atoms with Crippen molar-refractivity contribution in [1.82, 2.24) is 9.97 Å². The molecule has 14 heavy (non-hydrogen) atoms. The van der Waals surface area contributed by atoms with Crippen molar-refractivity contribution in [3.63, 3.8) is 0 Å². The van der Waals surface area contributed by atoms with Crippen molar-refractivity contribution in [2.75, 3.05) is 0 Å². The van der Waals surface area contributed by atoms with E-state index < -0.39 is 0 Å². The van der Waals surface area contributed by atoms with Gasteiger partial charge in [-0.3, -0.25) is 0 Å². The van der Waals surface area contributed by atoms with Crippen LogP contribution in [0.4, 0.5) is 4.39 Å². The van der Waals surface area contributed by atoms with E-state index in [1.165, 1.54) is 12.1 Å². The molecule has 0 unspecified atom stereocenters. The summed E-state index contributed by atoms with van der Waals surface area (Å²) in [6, 6.07) is 2.89. The summed E-state index contributed by atoms with van der Waals surface area (Å²) in [6.45, 7) is 3.67. The average Bonchev–Trinajstić information content (AvgIpc) is 2.07. The number of hydrogen-bond donors (Lipinski definition) is 1. The molecule has 1 N–H and O–H groups in total. The van der Waals surface area contributed by atoms with Crippen LogP contribution in [0, 0.1) is 24.3 Å². The summed E-state index contributed by atoms with van der Waals surface area (Å²) in [6.07, 6.45) is 0. The molecular formula is C10H9FN2S. The molecule has 0 bridgehead atoms. The zero-order valence-corrected chi connectivity index (χ0v) is 8.70. The topological polar surface area (TPSA) is 28.7 Å². The van der Waals surface area contributed by atoms with Crippen LogP contribution in [0.3, 0.4) is 0 Å². The molecule has 0 fully saturated rings. The van der Waals surface area contributed by atoms with E-state index in [9.17, 15) is 4.39 Å². The summed E-state index contributed by atoms with van der Waals surface area (Å²) in [5, 5.41) is 0.670. The summed E-state index contributed by atoms with van der Waals surface area (Å²) < 4.78 is 13.5. The minimum Gasteiger partial charge on any atom is -0.343 e. The van der Waals surface area contributed by atoms with E-state index in [4.69, 9.17) is 12.2 Å². The first kappa shape index (κ1) is 9.27. The maximum Gasteiger partial charge on any atom is 0.137 e. The number of aromatic amines is 1. The largest absolute Gasteiger partial charge is 0.343 e. The Morgan fingerprint density at radius 1 is 1.36 bits per heavy atom. The monoisotopic (exact) mass is 208 g/mol. The predicted molar refractivity (Wildman–Crippen MR) is 56.4 cm³/mol. The van der Waals surface area contributed by atoms with Gasteiger partial charge < -0.3 is 4.98 Å². The van der Waals surface area contributed by atoms with Gasteiger partial charge >= 0.3 is 0 Å². The number of halogens is 1. The van der Waals surface area contributed by atoms with Gasteiger partial charge in [0.05, 0.1) is 5.52 Å². The Balaban J connectivity index is 3.02. The van der Waals surface area contributed by atoms with Gasteiger partial charge in [0.25, 0.3) is 0 Å². The summed E-state index contributed by atoms with van der Waals surface area (Å²) in [5.41, 5.74) is 1.71. The highest BCUT2D eigenvalue weighted by Crippen LogP contribution is 2.18. The molecule has 72 valence electrons. The zero-order valence-electron chi connectivity index (χ0n) is 7.89. The number of aromatic nitrogens is 2. The van der Waals surface area contributed by atoms with Gasteiger partial charge in [0.1, 0.15) is 16.3 Å². The maximum absolute atomic E-state index is 13.1. The molecule has 0 amide bonds. The number of rotatable bonds is 0. The molecule has 0 aliphatic heterocycles. The van der Waals surface area contributed by atoms with Crippen molar-refractivity contribution in [3.8, 4) is 0 Å². The number of fused-ring (bicyclic) bond motifs is 1. The van der Waals surface area contributed by atoms with Gasteiger partial charge in [0.15, 0.2) is 0 Å². The number of benzene rings is 1. The second-order valence-electron chi connectivity index (χ2n) is 3.27. The summed E-state index contributed by atoms with van der Waals surface area (Å²) in [7, 11) is 0. The van der Waals surface area contributed by atoms with Crippen LogP contribution in [0.5, 0.6) is 0 Å². The van der Waals surface area contributed by atoms with E-state index in [1.807, 2.05) is 13.8 Å². The van der Waals surface area contributed by atoms with Gasteiger partial charge in [-0.1, -0.05) is 12.2 Å². The molecule has 4 heteroatoms. The summed E-state index contributed by atoms with van der Waals surface area (Å²) >= 11 is 5.06. The lowest BCUT2D eigenvalue weighted by Gasteiger charge is -2.03. The molecular weight excluding hydrogens is 199 g/mol. The van der Waals surface area contributed by atoms with Crippen molar-refractivity contribution < 1.29 is 4.39 Å². The fourth-order valence-corrected chi connectivity index (χ4v) is 1.80. The second-order valence-corrected chi connectivity index (χ2v) is 3.66. The molecule has 0 saturated carbocycles. The van der Waals surface area contributed by atoms with Crippen molar-refractivity contribution in [1.29, 1.82) is 0 Å². The molecule has 1 aromatic heterocycles. The molecule has 0 aliphatic carbocycles. The molecule has 0 saturated heterocycles. The Hall–Kier alpha value is -1.29. The molecule has 2 nitrogen and oxygen atoms in total. The Morgan fingerprint density at radius 3 is 2.79 bits per heavy atom. The third-order valence-electron chi connectivity index (χ3n) is 2.11. The fraction of sp³-hybridized carbons (Fsp3) is 0.200. The lowest BCUT2D eigenvalue weighted by Crippen LogP contribution is -1.93. The maximum atomic E-state index is 13.1. The molecule has 0 spiro atoms. The quantitative estimate of drug-likeness (QED) is 0.674. The van der Waals surface area contributed by atoms with E-state index in [1.54, 1.807) is 0 Å². The third-order valence-corrected chi connectivity index (χ3v) is 2.42. The van der Waals surface area contributed by atoms with Gasteiger partial charge in [0, 0.05) is 5.39 Å². The highest BCUT2D eigenvalue weighted by atomic mass is 32.1. The number of aryl methyl sites for hydroxylation is 2. The molecule has 2 aromatic rings. The van der Waals surface area contributed by atoms with Crippen LogP contribution in [0.2, 0.25) is 0 Å². The van der Waals surface area contributed by atoms with Gasteiger partial charge in [-0.25, -0.2) is 9.37 Å². The third kappa shape index (κ3) is 1.42. The van der Waals surface area contributed by atoms with Crippen LogP contribution in [0.25, 0.3) is 10.9 Å². The highest BCUT2D eigenvalue weighted by Gasteiger charge is 2.03. The van der Waals surface area contributed by atoms with Crippen molar-refractivity contribution >= 4 is 23.1 Å². The minimum atomic E-state index is -0.278. The summed E-state index contributed by atoms with van der Waals surface area (Å²) in [4.78, 5) is 7.16. The lowest BCUT2D eigenvalue weighted by atomic mass is 10.1. The van der Waals surface area contributed by atoms with E-state index in [-0.39, 0.29) is 5.82 Å². The zero-order chi connectivity index (χ0) is 10.3. The number of nitrogens with one attached hydrogen (secondary N) is 1. The van der Waals surface area contributed by atoms with Crippen LogP contribution < -0.4 is 0 Å². The SMILES string of the molecule is Cc1nc(=S)c2cc(F)cc(C)c2[nH]1. The molecule has 2 rings (SSSR count). The average molecular weight is 208 g/mol. The minimum absolute atomic E-state index is 0.278. The normalized spacial score (nSPS) is 10.8. The smallest absolute Gasteiger partial charge is 0.137 e. The lowest BCUT2D eigenvalue weighted by molar-refractivity contribution is 0.628. The van der Waals surface area contributed by atoms with Crippen LogP contribution >= 0.6 is 12.2 Å². The van der Waals surface area contributed by atoms with Crippen LogP contribution in [0.15, 0.2) is 12.1 Å². The van der Waals surface area contributed by atoms with Crippen LogP contribution in [-0.4, -0.2) is 9.97 Å². The molecule has 0 radical (unpaired) electrons. The first-order chi connectivity index (χ1) is 6.58. The van der Waals surface area contributed by atoms with Gasteiger partial charge in [-0.15, -0.1) is 0 Å². The fourth-order valence-electron chi connectivity index (χ4n) is 1.50. The molecule has 1 aromatic carbocycles.